The number of carbonyl (C=O) groups excluding carboxylic acids is 1. The fraction of sp³-hybridized carbons (Fsp3) is 0.222. The minimum atomic E-state index is -0.271. The maximum atomic E-state index is 10.5. The van der Waals surface area contributed by atoms with Crippen molar-refractivity contribution in [3.63, 3.8) is 0 Å². The molecule has 0 saturated heterocycles. The van der Waals surface area contributed by atoms with Gasteiger partial charge in [-0.25, -0.2) is 0 Å². The lowest BCUT2D eigenvalue weighted by Crippen LogP contribution is -2.00. The van der Waals surface area contributed by atoms with Crippen molar-refractivity contribution in [3.8, 4) is 0 Å². The van der Waals surface area contributed by atoms with E-state index in [1.165, 1.54) is 6.92 Å². The highest BCUT2D eigenvalue weighted by Crippen LogP contribution is 2.18. The molecule has 64 valence electrons. The average Bonchev–Trinajstić information content (AvgIpc) is 2.51. The molecule has 0 bridgehead atoms. The van der Waals surface area contributed by atoms with Crippen molar-refractivity contribution in [2.45, 2.75) is 6.92 Å². The monoisotopic (exact) mass is 182 g/mol. The normalized spacial score (nSPS) is 9.42. The molecule has 0 aliphatic carbocycles. The fourth-order valence-corrected chi connectivity index (χ4v) is 1.43. The second-order valence-corrected chi connectivity index (χ2v) is 3.31. The highest BCUT2D eigenvalue weighted by Gasteiger charge is 2.00. The van der Waals surface area contributed by atoms with Gasteiger partial charge in [0.25, 0.3) is 0 Å². The van der Waals surface area contributed by atoms with Gasteiger partial charge in [0.1, 0.15) is 6.61 Å². The van der Waals surface area contributed by atoms with E-state index in [9.17, 15) is 4.79 Å². The highest BCUT2D eigenvalue weighted by atomic mass is 32.1. The zero-order valence-electron chi connectivity index (χ0n) is 6.87. The topological polar surface area (TPSA) is 26.3 Å². The third kappa shape index (κ3) is 2.51. The minimum Gasteiger partial charge on any atom is -0.461 e. The predicted octanol–water partition coefficient (Wildman–Crippen LogP) is 2.32. The van der Waals surface area contributed by atoms with Gasteiger partial charge in [0.05, 0.1) is 0 Å². The van der Waals surface area contributed by atoms with Crippen LogP contribution in [0.25, 0.3) is 5.57 Å². The third-order valence-corrected chi connectivity index (χ3v) is 2.29. The maximum absolute atomic E-state index is 10.5. The summed E-state index contributed by atoms with van der Waals surface area (Å²) >= 11 is 1.59. The smallest absolute Gasteiger partial charge is 0.302 e. The van der Waals surface area contributed by atoms with Crippen LogP contribution in [0.3, 0.4) is 0 Å². The van der Waals surface area contributed by atoms with Gasteiger partial charge < -0.3 is 4.74 Å². The van der Waals surface area contributed by atoms with E-state index in [1.54, 1.807) is 11.3 Å². The molecule has 0 aliphatic rings. The van der Waals surface area contributed by atoms with Gasteiger partial charge in [-0.15, -0.1) is 11.3 Å². The summed E-state index contributed by atoms with van der Waals surface area (Å²) in [5.74, 6) is -0.271. The summed E-state index contributed by atoms with van der Waals surface area (Å²) in [5.41, 5.74) is 0.847. The molecule has 0 atom stereocenters. The molecule has 1 rings (SSSR count). The standard InChI is InChI=1S/C9H10O2S/c1-7(6-11-8(2)10)9-4-3-5-12-9/h3-5H,1,6H2,2H3. The summed E-state index contributed by atoms with van der Waals surface area (Å²) < 4.78 is 4.80. The van der Waals surface area contributed by atoms with E-state index in [4.69, 9.17) is 4.74 Å². The van der Waals surface area contributed by atoms with Crippen LogP contribution in [0.15, 0.2) is 24.1 Å². The van der Waals surface area contributed by atoms with Gasteiger partial charge >= 0.3 is 5.97 Å². The molecule has 12 heavy (non-hydrogen) atoms. The van der Waals surface area contributed by atoms with Gasteiger partial charge in [0.15, 0.2) is 0 Å². The summed E-state index contributed by atoms with van der Waals surface area (Å²) in [6.45, 7) is 5.48. The molecule has 0 spiro atoms. The number of hydrogen-bond acceptors (Lipinski definition) is 3. The molecule has 0 saturated carbocycles. The van der Waals surface area contributed by atoms with E-state index in [2.05, 4.69) is 6.58 Å². The van der Waals surface area contributed by atoms with Crippen LogP contribution in [0, 0.1) is 0 Å². The Balaban J connectivity index is 2.45. The summed E-state index contributed by atoms with van der Waals surface area (Å²) in [5, 5.41) is 1.97. The van der Waals surface area contributed by atoms with Crippen molar-refractivity contribution in [2.75, 3.05) is 6.61 Å². The molecule has 1 aromatic rings. The fourth-order valence-electron chi connectivity index (χ4n) is 0.740. The Morgan fingerprint density at radius 2 is 2.50 bits per heavy atom. The molecule has 3 heteroatoms. The Labute approximate surface area is 75.5 Å². The molecule has 2 nitrogen and oxygen atoms in total. The van der Waals surface area contributed by atoms with Crippen LogP contribution < -0.4 is 0 Å². The Kier molecular flexibility index (Phi) is 3.05. The van der Waals surface area contributed by atoms with Gasteiger partial charge in [-0.3, -0.25) is 4.79 Å². The number of esters is 1. The zero-order valence-corrected chi connectivity index (χ0v) is 7.69. The molecule has 1 heterocycles. The summed E-state index contributed by atoms with van der Waals surface area (Å²) in [4.78, 5) is 11.5. The molecule has 0 fully saturated rings. The predicted molar refractivity (Wildman–Crippen MR) is 50.0 cm³/mol. The molecule has 0 aromatic carbocycles. The van der Waals surface area contributed by atoms with Gasteiger partial charge in [0.2, 0.25) is 0 Å². The summed E-state index contributed by atoms with van der Waals surface area (Å²) in [6, 6.07) is 3.90. The van der Waals surface area contributed by atoms with Crippen molar-refractivity contribution in [3.05, 3.63) is 29.0 Å². The number of ether oxygens (including phenoxy) is 1. The van der Waals surface area contributed by atoms with E-state index < -0.39 is 0 Å². The van der Waals surface area contributed by atoms with Gasteiger partial charge in [-0.05, 0) is 17.0 Å². The molecular formula is C9H10O2S. The minimum absolute atomic E-state index is 0.271. The third-order valence-electron chi connectivity index (χ3n) is 1.32. The zero-order chi connectivity index (χ0) is 8.97. The lowest BCUT2D eigenvalue weighted by Gasteiger charge is -2.02. The van der Waals surface area contributed by atoms with Crippen LogP contribution in [-0.2, 0) is 9.53 Å². The van der Waals surface area contributed by atoms with E-state index in [0.29, 0.717) is 0 Å². The number of carbonyl (C=O) groups is 1. The average molecular weight is 182 g/mol. The molecule has 0 amide bonds. The number of thiophene rings is 1. The SMILES string of the molecule is C=C(COC(C)=O)c1cccs1. The largest absolute Gasteiger partial charge is 0.461 e. The Morgan fingerprint density at radius 1 is 1.75 bits per heavy atom. The van der Waals surface area contributed by atoms with E-state index in [0.717, 1.165) is 10.5 Å². The first-order valence-corrected chi connectivity index (χ1v) is 4.43. The lowest BCUT2D eigenvalue weighted by molar-refractivity contribution is -0.139. The van der Waals surface area contributed by atoms with Crippen molar-refractivity contribution < 1.29 is 9.53 Å². The molecule has 0 radical (unpaired) electrons. The Morgan fingerprint density at radius 3 is 3.00 bits per heavy atom. The van der Waals surface area contributed by atoms with Gasteiger partial charge in [-0.1, -0.05) is 12.6 Å². The Hall–Kier alpha value is -1.09. The summed E-state index contributed by atoms with van der Waals surface area (Å²) in [6.07, 6.45) is 0. The van der Waals surface area contributed by atoms with Gasteiger partial charge in [-0.2, -0.15) is 0 Å². The highest BCUT2D eigenvalue weighted by molar-refractivity contribution is 7.11. The van der Waals surface area contributed by atoms with Crippen molar-refractivity contribution in [1.29, 1.82) is 0 Å². The molecular weight excluding hydrogens is 172 g/mol. The van der Waals surface area contributed by atoms with Crippen LogP contribution in [0.5, 0.6) is 0 Å². The van der Waals surface area contributed by atoms with E-state index >= 15 is 0 Å². The second-order valence-electron chi connectivity index (χ2n) is 2.36. The molecule has 0 aliphatic heterocycles. The van der Waals surface area contributed by atoms with Crippen molar-refractivity contribution in [1.82, 2.24) is 0 Å². The molecule has 0 unspecified atom stereocenters. The van der Waals surface area contributed by atoms with Crippen LogP contribution in [0.4, 0.5) is 0 Å². The quantitative estimate of drug-likeness (QED) is 0.670. The number of hydrogen-bond donors (Lipinski definition) is 0. The van der Waals surface area contributed by atoms with Crippen LogP contribution >= 0.6 is 11.3 Å². The molecule has 1 aromatic heterocycles. The summed E-state index contributed by atoms with van der Waals surface area (Å²) in [7, 11) is 0. The van der Waals surface area contributed by atoms with Crippen LogP contribution in [0.1, 0.15) is 11.8 Å². The van der Waals surface area contributed by atoms with Crippen LogP contribution in [0.2, 0.25) is 0 Å². The van der Waals surface area contributed by atoms with Crippen LogP contribution in [-0.4, -0.2) is 12.6 Å². The number of rotatable bonds is 3. The second kappa shape index (κ2) is 4.07. The maximum Gasteiger partial charge on any atom is 0.302 e. The van der Waals surface area contributed by atoms with E-state index in [-0.39, 0.29) is 12.6 Å². The lowest BCUT2D eigenvalue weighted by atomic mass is 10.3. The first-order chi connectivity index (χ1) is 5.70. The molecule has 0 N–H and O–H groups in total. The first kappa shape index (κ1) is 9.00. The van der Waals surface area contributed by atoms with Crippen molar-refractivity contribution >= 4 is 22.9 Å². The van der Waals surface area contributed by atoms with Crippen molar-refractivity contribution in [2.24, 2.45) is 0 Å². The first-order valence-electron chi connectivity index (χ1n) is 3.55. The van der Waals surface area contributed by atoms with E-state index in [1.807, 2.05) is 17.5 Å². The van der Waals surface area contributed by atoms with Gasteiger partial charge in [0, 0.05) is 11.8 Å². The Bertz CT molecular complexity index is 275.